The van der Waals surface area contributed by atoms with Crippen LogP contribution in [0, 0.1) is 5.92 Å². The molecule has 1 rings (SSSR count). The molecule has 1 aromatic heterocycles. The Kier molecular flexibility index (Phi) is 5.76. The van der Waals surface area contributed by atoms with Crippen molar-refractivity contribution in [1.29, 1.82) is 0 Å². The number of rotatable bonds is 7. The van der Waals surface area contributed by atoms with E-state index in [1.807, 2.05) is 0 Å². The van der Waals surface area contributed by atoms with Crippen molar-refractivity contribution in [3.63, 3.8) is 0 Å². The van der Waals surface area contributed by atoms with Gasteiger partial charge in [0.2, 0.25) is 0 Å². The SMILES string of the molecule is CCC(CC)(OC)c1nc(C(CN)C(C)C)cs1. The summed E-state index contributed by atoms with van der Waals surface area (Å²) in [6.07, 6.45) is 1.89. The lowest BCUT2D eigenvalue weighted by atomic mass is 9.93. The first kappa shape index (κ1) is 15.6. The Labute approximate surface area is 115 Å². The zero-order chi connectivity index (χ0) is 13.8. The summed E-state index contributed by atoms with van der Waals surface area (Å²) in [7, 11) is 1.77. The van der Waals surface area contributed by atoms with Crippen molar-refractivity contribution in [2.45, 2.75) is 52.1 Å². The number of hydrogen-bond donors (Lipinski definition) is 1. The fourth-order valence-electron chi connectivity index (χ4n) is 2.33. The molecule has 3 nitrogen and oxygen atoms in total. The quantitative estimate of drug-likeness (QED) is 0.825. The van der Waals surface area contributed by atoms with Gasteiger partial charge in [-0.2, -0.15) is 0 Å². The number of ether oxygens (including phenoxy) is 1. The summed E-state index contributed by atoms with van der Waals surface area (Å²) in [5, 5.41) is 3.23. The summed E-state index contributed by atoms with van der Waals surface area (Å²) in [5.74, 6) is 0.864. The van der Waals surface area contributed by atoms with Crippen LogP contribution in [0.15, 0.2) is 5.38 Å². The van der Waals surface area contributed by atoms with E-state index in [1.54, 1.807) is 18.4 Å². The molecule has 0 spiro atoms. The molecule has 0 bridgehead atoms. The van der Waals surface area contributed by atoms with E-state index in [2.05, 4.69) is 33.1 Å². The smallest absolute Gasteiger partial charge is 0.125 e. The minimum Gasteiger partial charge on any atom is -0.371 e. The maximum absolute atomic E-state index is 5.85. The van der Waals surface area contributed by atoms with Gasteiger partial charge < -0.3 is 10.5 Å². The van der Waals surface area contributed by atoms with Crippen molar-refractivity contribution < 1.29 is 4.74 Å². The van der Waals surface area contributed by atoms with Crippen LogP contribution in [0.2, 0.25) is 0 Å². The maximum atomic E-state index is 5.85. The number of methoxy groups -OCH3 is 1. The second kappa shape index (κ2) is 6.64. The molecule has 0 radical (unpaired) electrons. The lowest BCUT2D eigenvalue weighted by Crippen LogP contribution is -2.27. The molecule has 1 atom stereocenters. The van der Waals surface area contributed by atoms with Crippen molar-refractivity contribution in [1.82, 2.24) is 4.98 Å². The average Bonchev–Trinajstić information content (AvgIpc) is 2.83. The second-order valence-corrected chi connectivity index (χ2v) is 5.93. The van der Waals surface area contributed by atoms with Crippen molar-refractivity contribution in [3.05, 3.63) is 16.1 Å². The minimum absolute atomic E-state index is 0.223. The average molecular weight is 270 g/mol. The maximum Gasteiger partial charge on any atom is 0.125 e. The van der Waals surface area contributed by atoms with Gasteiger partial charge in [0, 0.05) is 25.0 Å². The van der Waals surface area contributed by atoms with Gasteiger partial charge in [-0.15, -0.1) is 11.3 Å². The van der Waals surface area contributed by atoms with Crippen LogP contribution in [0.5, 0.6) is 0 Å². The molecular weight excluding hydrogens is 244 g/mol. The van der Waals surface area contributed by atoms with Gasteiger partial charge in [-0.05, 0) is 18.8 Å². The minimum atomic E-state index is -0.223. The highest BCUT2D eigenvalue weighted by atomic mass is 32.1. The highest BCUT2D eigenvalue weighted by molar-refractivity contribution is 7.09. The van der Waals surface area contributed by atoms with E-state index in [4.69, 9.17) is 15.5 Å². The molecule has 1 unspecified atom stereocenters. The Morgan fingerprint density at radius 2 is 2.00 bits per heavy atom. The molecule has 0 fully saturated rings. The van der Waals surface area contributed by atoms with E-state index in [-0.39, 0.29) is 5.60 Å². The molecule has 0 aliphatic rings. The van der Waals surface area contributed by atoms with Gasteiger partial charge in [0.1, 0.15) is 10.6 Å². The number of thiazole rings is 1. The van der Waals surface area contributed by atoms with Crippen LogP contribution < -0.4 is 5.73 Å². The molecular formula is C14H26N2OS. The molecule has 104 valence electrons. The first-order valence-corrected chi connectivity index (χ1v) is 7.63. The van der Waals surface area contributed by atoms with Crippen LogP contribution in [0.1, 0.15) is 57.2 Å². The predicted molar refractivity (Wildman–Crippen MR) is 78.0 cm³/mol. The van der Waals surface area contributed by atoms with Crippen LogP contribution in [-0.4, -0.2) is 18.6 Å². The molecule has 0 amide bonds. The Morgan fingerprint density at radius 3 is 2.39 bits per heavy atom. The largest absolute Gasteiger partial charge is 0.371 e. The third kappa shape index (κ3) is 2.92. The fourth-order valence-corrected chi connectivity index (χ4v) is 3.53. The van der Waals surface area contributed by atoms with Gasteiger partial charge in [-0.1, -0.05) is 27.7 Å². The standard InChI is InChI=1S/C14H26N2OS/c1-6-14(7-2,17-5)13-16-12(9-18-13)11(8-15)10(3)4/h9-11H,6-8,15H2,1-5H3. The summed E-state index contributed by atoms with van der Waals surface area (Å²) in [4.78, 5) is 4.80. The molecule has 4 heteroatoms. The highest BCUT2D eigenvalue weighted by Gasteiger charge is 2.32. The summed E-state index contributed by atoms with van der Waals surface area (Å²) in [5.41, 5.74) is 6.75. The third-order valence-corrected chi connectivity index (χ3v) is 4.93. The van der Waals surface area contributed by atoms with Crippen LogP contribution in [0.4, 0.5) is 0 Å². The van der Waals surface area contributed by atoms with Gasteiger partial charge in [0.25, 0.3) is 0 Å². The van der Waals surface area contributed by atoms with Crippen LogP contribution in [0.25, 0.3) is 0 Å². The van der Waals surface area contributed by atoms with Crippen molar-refractivity contribution in [3.8, 4) is 0 Å². The first-order valence-electron chi connectivity index (χ1n) is 6.75. The monoisotopic (exact) mass is 270 g/mol. The summed E-state index contributed by atoms with van der Waals surface area (Å²) < 4.78 is 5.73. The summed E-state index contributed by atoms with van der Waals surface area (Å²) in [6, 6.07) is 0. The van der Waals surface area contributed by atoms with Crippen LogP contribution >= 0.6 is 11.3 Å². The van der Waals surface area contributed by atoms with Crippen LogP contribution in [-0.2, 0) is 10.3 Å². The molecule has 0 aliphatic carbocycles. The Hall–Kier alpha value is -0.450. The van der Waals surface area contributed by atoms with Crippen molar-refractivity contribution >= 4 is 11.3 Å². The lowest BCUT2D eigenvalue weighted by Gasteiger charge is -2.27. The van der Waals surface area contributed by atoms with Crippen molar-refractivity contribution in [2.24, 2.45) is 11.7 Å². The first-order chi connectivity index (χ1) is 8.54. The molecule has 0 aliphatic heterocycles. The topological polar surface area (TPSA) is 48.1 Å². The van der Waals surface area contributed by atoms with Gasteiger partial charge in [0.05, 0.1) is 5.69 Å². The van der Waals surface area contributed by atoms with Gasteiger partial charge >= 0.3 is 0 Å². The Morgan fingerprint density at radius 1 is 1.39 bits per heavy atom. The van der Waals surface area contributed by atoms with E-state index < -0.39 is 0 Å². The molecule has 0 saturated heterocycles. The van der Waals surface area contributed by atoms with E-state index in [9.17, 15) is 0 Å². The normalized spacial score (nSPS) is 14.2. The Balaban J connectivity index is 3.04. The summed E-state index contributed by atoms with van der Waals surface area (Å²) >= 11 is 1.70. The number of aromatic nitrogens is 1. The molecule has 0 aromatic carbocycles. The Bertz CT molecular complexity index is 350. The van der Waals surface area contributed by atoms with E-state index >= 15 is 0 Å². The highest BCUT2D eigenvalue weighted by Crippen LogP contribution is 2.36. The molecule has 18 heavy (non-hydrogen) atoms. The van der Waals surface area contributed by atoms with Gasteiger partial charge in [-0.3, -0.25) is 0 Å². The zero-order valence-corrected chi connectivity index (χ0v) is 13.0. The van der Waals surface area contributed by atoms with E-state index in [0.29, 0.717) is 18.4 Å². The number of hydrogen-bond acceptors (Lipinski definition) is 4. The number of nitrogens with zero attached hydrogens (tertiary/aromatic N) is 1. The molecule has 2 N–H and O–H groups in total. The number of nitrogens with two attached hydrogens (primary N) is 1. The fraction of sp³-hybridized carbons (Fsp3) is 0.786. The molecule has 1 heterocycles. The molecule has 1 aromatic rings. The van der Waals surface area contributed by atoms with E-state index in [0.717, 1.165) is 23.5 Å². The van der Waals surface area contributed by atoms with Gasteiger partial charge in [-0.25, -0.2) is 4.98 Å². The lowest BCUT2D eigenvalue weighted by molar-refractivity contribution is -0.0220. The van der Waals surface area contributed by atoms with Crippen molar-refractivity contribution in [2.75, 3.05) is 13.7 Å². The molecule has 0 saturated carbocycles. The van der Waals surface area contributed by atoms with Crippen LogP contribution in [0.3, 0.4) is 0 Å². The third-order valence-electron chi connectivity index (χ3n) is 3.88. The summed E-state index contributed by atoms with van der Waals surface area (Å²) in [6.45, 7) is 9.34. The predicted octanol–water partition coefficient (Wildman–Crippen LogP) is 3.50. The van der Waals surface area contributed by atoms with Gasteiger partial charge in [0.15, 0.2) is 0 Å². The second-order valence-electron chi connectivity index (χ2n) is 5.07. The van der Waals surface area contributed by atoms with E-state index in [1.165, 1.54) is 0 Å². The zero-order valence-electron chi connectivity index (χ0n) is 12.2.